The SMILES string of the molecule is CNc1ccc([N+](=O)[O-])cc1C(=O)N1CCCCC1C. The van der Waals surface area contributed by atoms with Gasteiger partial charge >= 0.3 is 0 Å². The van der Waals surface area contributed by atoms with Crippen LogP contribution in [0.4, 0.5) is 11.4 Å². The van der Waals surface area contributed by atoms with Gasteiger partial charge in [-0.1, -0.05) is 0 Å². The van der Waals surface area contributed by atoms with E-state index >= 15 is 0 Å². The van der Waals surface area contributed by atoms with Gasteiger partial charge in [-0.25, -0.2) is 0 Å². The van der Waals surface area contributed by atoms with Gasteiger partial charge in [0, 0.05) is 37.5 Å². The number of anilines is 1. The van der Waals surface area contributed by atoms with Crippen LogP contribution in [0.25, 0.3) is 0 Å². The molecular formula is C14H19N3O3. The molecule has 0 saturated carbocycles. The maximum Gasteiger partial charge on any atom is 0.270 e. The van der Waals surface area contributed by atoms with Crippen LogP contribution in [0.2, 0.25) is 0 Å². The molecule has 0 spiro atoms. The van der Waals surface area contributed by atoms with Gasteiger partial charge in [-0.2, -0.15) is 0 Å². The van der Waals surface area contributed by atoms with Crippen molar-refractivity contribution in [3.8, 4) is 0 Å². The van der Waals surface area contributed by atoms with Crippen LogP contribution in [0.5, 0.6) is 0 Å². The van der Waals surface area contributed by atoms with E-state index in [1.165, 1.54) is 12.1 Å². The van der Waals surface area contributed by atoms with Crippen molar-refractivity contribution in [2.45, 2.75) is 32.2 Å². The summed E-state index contributed by atoms with van der Waals surface area (Å²) in [5.74, 6) is -0.134. The van der Waals surface area contributed by atoms with Gasteiger partial charge in [0.1, 0.15) is 0 Å². The molecule has 1 heterocycles. The number of amides is 1. The Balaban J connectivity index is 2.36. The average molecular weight is 277 g/mol. The molecule has 1 N–H and O–H groups in total. The van der Waals surface area contributed by atoms with Gasteiger partial charge in [0.05, 0.1) is 10.5 Å². The Kier molecular flexibility index (Phi) is 4.22. The van der Waals surface area contributed by atoms with Gasteiger partial charge in [0.15, 0.2) is 0 Å². The lowest BCUT2D eigenvalue weighted by atomic mass is 10.0. The molecule has 1 aromatic carbocycles. The van der Waals surface area contributed by atoms with Crippen LogP contribution in [-0.2, 0) is 0 Å². The van der Waals surface area contributed by atoms with Gasteiger partial charge in [-0.15, -0.1) is 0 Å². The second-order valence-corrected chi connectivity index (χ2v) is 5.08. The highest BCUT2D eigenvalue weighted by Gasteiger charge is 2.27. The van der Waals surface area contributed by atoms with E-state index in [2.05, 4.69) is 5.32 Å². The molecule has 1 atom stereocenters. The summed E-state index contributed by atoms with van der Waals surface area (Å²) in [6.45, 7) is 2.74. The number of piperidine rings is 1. The van der Waals surface area contributed by atoms with E-state index in [1.54, 1.807) is 13.1 Å². The topological polar surface area (TPSA) is 75.5 Å². The first-order valence-corrected chi connectivity index (χ1v) is 6.81. The van der Waals surface area contributed by atoms with Crippen LogP contribution >= 0.6 is 0 Å². The molecule has 6 nitrogen and oxygen atoms in total. The third-order valence-electron chi connectivity index (χ3n) is 3.78. The number of benzene rings is 1. The third-order valence-corrected chi connectivity index (χ3v) is 3.78. The lowest BCUT2D eigenvalue weighted by Crippen LogP contribution is -2.42. The first-order valence-electron chi connectivity index (χ1n) is 6.81. The minimum atomic E-state index is -0.476. The second-order valence-electron chi connectivity index (χ2n) is 5.08. The zero-order valence-electron chi connectivity index (χ0n) is 11.8. The highest BCUT2D eigenvalue weighted by molar-refractivity contribution is 6.00. The summed E-state index contributed by atoms with van der Waals surface area (Å²) in [5.41, 5.74) is 0.936. The van der Waals surface area contributed by atoms with E-state index < -0.39 is 4.92 Å². The summed E-state index contributed by atoms with van der Waals surface area (Å²) in [7, 11) is 1.71. The van der Waals surface area contributed by atoms with E-state index in [0.29, 0.717) is 17.8 Å². The van der Waals surface area contributed by atoms with Crippen LogP contribution < -0.4 is 5.32 Å². The molecule has 1 aliphatic rings. The smallest absolute Gasteiger partial charge is 0.270 e. The van der Waals surface area contributed by atoms with E-state index in [9.17, 15) is 14.9 Å². The second kappa shape index (κ2) is 5.90. The third kappa shape index (κ3) is 2.74. The van der Waals surface area contributed by atoms with Crippen LogP contribution in [0.3, 0.4) is 0 Å². The molecule has 6 heteroatoms. The lowest BCUT2D eigenvalue weighted by Gasteiger charge is -2.33. The van der Waals surface area contributed by atoms with Crippen molar-refractivity contribution >= 4 is 17.3 Å². The number of hydrogen-bond donors (Lipinski definition) is 1. The maximum absolute atomic E-state index is 12.6. The molecule has 1 aliphatic heterocycles. The summed E-state index contributed by atoms with van der Waals surface area (Å²) in [5, 5.41) is 13.8. The van der Waals surface area contributed by atoms with Crippen molar-refractivity contribution < 1.29 is 9.72 Å². The monoisotopic (exact) mass is 277 g/mol. The summed E-state index contributed by atoms with van der Waals surface area (Å²) < 4.78 is 0. The zero-order chi connectivity index (χ0) is 14.7. The van der Waals surface area contributed by atoms with Gasteiger partial charge in [-0.3, -0.25) is 14.9 Å². The largest absolute Gasteiger partial charge is 0.387 e. The molecule has 1 saturated heterocycles. The fraction of sp³-hybridized carbons (Fsp3) is 0.500. The highest BCUT2D eigenvalue weighted by atomic mass is 16.6. The van der Waals surface area contributed by atoms with Crippen LogP contribution in [0, 0.1) is 10.1 Å². The first-order chi connectivity index (χ1) is 9.54. The molecule has 2 rings (SSSR count). The van der Waals surface area contributed by atoms with E-state index in [-0.39, 0.29) is 17.6 Å². The lowest BCUT2D eigenvalue weighted by molar-refractivity contribution is -0.384. The summed E-state index contributed by atoms with van der Waals surface area (Å²) in [6.07, 6.45) is 3.09. The predicted molar refractivity (Wildman–Crippen MR) is 77.0 cm³/mol. The molecule has 108 valence electrons. The van der Waals surface area contributed by atoms with Crippen molar-refractivity contribution in [3.05, 3.63) is 33.9 Å². The Morgan fingerprint density at radius 3 is 2.80 bits per heavy atom. The average Bonchev–Trinajstić information content (AvgIpc) is 2.46. The van der Waals surface area contributed by atoms with Gasteiger partial charge < -0.3 is 10.2 Å². The number of nitrogens with one attached hydrogen (secondary N) is 1. The number of likely N-dealkylation sites (tertiary alicyclic amines) is 1. The molecule has 1 fully saturated rings. The number of carbonyl (C=O) groups excluding carboxylic acids is 1. The Labute approximate surface area is 117 Å². The Hall–Kier alpha value is -2.11. The number of nitro benzene ring substituents is 1. The van der Waals surface area contributed by atoms with Crippen LogP contribution in [-0.4, -0.2) is 35.4 Å². The summed E-state index contributed by atoms with van der Waals surface area (Å²) in [6, 6.07) is 4.53. The van der Waals surface area contributed by atoms with Crippen molar-refractivity contribution in [1.29, 1.82) is 0 Å². The van der Waals surface area contributed by atoms with E-state index in [1.807, 2.05) is 11.8 Å². The number of nitro groups is 1. The maximum atomic E-state index is 12.6. The zero-order valence-corrected chi connectivity index (χ0v) is 11.8. The van der Waals surface area contributed by atoms with Crippen LogP contribution in [0.1, 0.15) is 36.5 Å². The number of non-ortho nitro benzene ring substituents is 1. The van der Waals surface area contributed by atoms with Crippen molar-refractivity contribution in [2.24, 2.45) is 0 Å². The fourth-order valence-electron chi connectivity index (χ4n) is 2.60. The van der Waals surface area contributed by atoms with Crippen molar-refractivity contribution in [3.63, 3.8) is 0 Å². The summed E-state index contributed by atoms with van der Waals surface area (Å²) >= 11 is 0. The molecule has 20 heavy (non-hydrogen) atoms. The van der Waals surface area contributed by atoms with Crippen LogP contribution in [0.15, 0.2) is 18.2 Å². The quantitative estimate of drug-likeness (QED) is 0.680. The fourth-order valence-corrected chi connectivity index (χ4v) is 2.60. The van der Waals surface area contributed by atoms with Gasteiger partial charge in [0.25, 0.3) is 11.6 Å². The standard InChI is InChI=1S/C14H19N3O3/c1-10-5-3-4-8-16(10)14(18)12-9-11(17(19)20)6-7-13(12)15-2/h6-7,9-10,15H,3-5,8H2,1-2H3. The number of nitrogens with zero attached hydrogens (tertiary/aromatic N) is 2. The Bertz CT molecular complexity index is 530. The number of hydrogen-bond acceptors (Lipinski definition) is 4. The minimum absolute atomic E-state index is 0.0583. The Morgan fingerprint density at radius 2 is 2.20 bits per heavy atom. The van der Waals surface area contributed by atoms with Gasteiger partial charge in [-0.05, 0) is 32.3 Å². The molecule has 0 bridgehead atoms. The number of rotatable bonds is 3. The first kappa shape index (κ1) is 14.3. The van der Waals surface area contributed by atoms with E-state index in [4.69, 9.17) is 0 Å². The molecule has 0 aliphatic carbocycles. The predicted octanol–water partition coefficient (Wildman–Crippen LogP) is 2.65. The molecule has 1 unspecified atom stereocenters. The minimum Gasteiger partial charge on any atom is -0.387 e. The van der Waals surface area contributed by atoms with E-state index in [0.717, 1.165) is 19.3 Å². The molecular weight excluding hydrogens is 258 g/mol. The molecule has 0 aromatic heterocycles. The highest BCUT2D eigenvalue weighted by Crippen LogP contribution is 2.26. The van der Waals surface area contributed by atoms with Crippen molar-refractivity contribution in [1.82, 2.24) is 4.90 Å². The van der Waals surface area contributed by atoms with Gasteiger partial charge in [0.2, 0.25) is 0 Å². The summed E-state index contributed by atoms with van der Waals surface area (Å²) in [4.78, 5) is 24.8. The normalized spacial score (nSPS) is 18.7. The number of carbonyl (C=O) groups is 1. The van der Waals surface area contributed by atoms with Crippen molar-refractivity contribution in [2.75, 3.05) is 18.9 Å². The molecule has 1 aromatic rings. The molecule has 0 radical (unpaired) electrons. The Morgan fingerprint density at radius 1 is 1.45 bits per heavy atom. The molecule has 1 amide bonds.